The number of fused-ring (bicyclic) bond motifs is 2. The van der Waals surface area contributed by atoms with Crippen molar-refractivity contribution >= 4 is 45.8 Å². The van der Waals surface area contributed by atoms with Gasteiger partial charge in [0.25, 0.3) is 11.8 Å². The van der Waals surface area contributed by atoms with Crippen molar-refractivity contribution in [3.63, 3.8) is 0 Å². The largest absolute Gasteiger partial charge is 0.356 e. The summed E-state index contributed by atoms with van der Waals surface area (Å²) in [6.45, 7) is 2.89. The summed E-state index contributed by atoms with van der Waals surface area (Å²) >= 11 is 0. The van der Waals surface area contributed by atoms with E-state index < -0.39 is 23.9 Å². The highest BCUT2D eigenvalue weighted by Gasteiger charge is 2.38. The number of carbonyl (C=O) groups excluding carboxylic acids is 4. The van der Waals surface area contributed by atoms with Gasteiger partial charge in [-0.15, -0.1) is 0 Å². The second-order valence-electron chi connectivity index (χ2n) is 9.44. The van der Waals surface area contributed by atoms with Crippen LogP contribution in [0.5, 0.6) is 0 Å². The number of aromatic nitrogens is 1. The summed E-state index contributed by atoms with van der Waals surface area (Å²) in [5, 5.41) is 7.65. The van der Waals surface area contributed by atoms with E-state index in [-0.39, 0.29) is 24.8 Å². The van der Waals surface area contributed by atoms with E-state index in [4.69, 9.17) is 10.3 Å². The highest BCUT2D eigenvalue weighted by atomic mass is 16.5. The lowest BCUT2D eigenvalue weighted by molar-refractivity contribution is -0.127. The van der Waals surface area contributed by atoms with Gasteiger partial charge in [0.2, 0.25) is 5.91 Å². The predicted octanol–water partition coefficient (Wildman–Crippen LogP) is 3.06. The molecule has 0 saturated carbocycles. The normalized spacial score (nSPS) is 16.0. The number of nitrogens with zero attached hydrogens (tertiary/aromatic N) is 3. The van der Waals surface area contributed by atoms with E-state index >= 15 is 0 Å². The average molecular weight is 526 g/mol. The Balaban J connectivity index is 1.59. The predicted molar refractivity (Wildman–Crippen MR) is 145 cm³/mol. The number of nitrogens with one attached hydrogen (secondary N) is 1. The number of rotatable bonds is 6. The number of hydrogen-bond acceptors (Lipinski definition) is 7. The van der Waals surface area contributed by atoms with E-state index in [1.165, 1.54) is 23.6 Å². The van der Waals surface area contributed by atoms with Crippen LogP contribution in [0, 0.1) is 0 Å². The lowest BCUT2D eigenvalue weighted by atomic mass is 10.1. The molecule has 4 aromatic rings. The second-order valence-corrected chi connectivity index (χ2v) is 9.44. The molecule has 0 bridgehead atoms. The maximum Gasteiger partial charge on any atom is 0.258 e. The van der Waals surface area contributed by atoms with Crippen LogP contribution in [-0.2, 0) is 16.1 Å². The molecule has 2 unspecified atom stereocenters. The maximum absolute atomic E-state index is 14.0. The Morgan fingerprint density at radius 1 is 1.00 bits per heavy atom. The molecule has 5 rings (SSSR count). The first kappa shape index (κ1) is 25.8. The zero-order chi connectivity index (χ0) is 27.7. The van der Waals surface area contributed by atoms with Crippen LogP contribution in [0.15, 0.2) is 77.3 Å². The van der Waals surface area contributed by atoms with Crippen LogP contribution in [0.1, 0.15) is 40.3 Å². The first-order chi connectivity index (χ1) is 18.7. The Kier molecular flexibility index (Phi) is 6.95. The Morgan fingerprint density at radius 3 is 2.33 bits per heavy atom. The quantitative estimate of drug-likeness (QED) is 0.369. The Hall–Kier alpha value is -4.83. The second kappa shape index (κ2) is 10.5. The van der Waals surface area contributed by atoms with E-state index in [9.17, 15) is 19.2 Å². The van der Waals surface area contributed by atoms with Gasteiger partial charge < -0.3 is 25.4 Å². The van der Waals surface area contributed by atoms with E-state index in [1.807, 2.05) is 18.2 Å². The number of carbonyl (C=O) groups is 4. The molecule has 198 valence electrons. The van der Waals surface area contributed by atoms with Crippen LogP contribution in [-0.4, -0.2) is 47.3 Å². The molecule has 39 heavy (non-hydrogen) atoms. The van der Waals surface area contributed by atoms with Crippen LogP contribution >= 0.6 is 0 Å². The van der Waals surface area contributed by atoms with Gasteiger partial charge >= 0.3 is 0 Å². The lowest BCUT2D eigenvalue weighted by Gasteiger charge is -2.25. The van der Waals surface area contributed by atoms with Gasteiger partial charge in [-0.2, -0.15) is 0 Å². The third-order valence-electron chi connectivity index (χ3n) is 6.67. The molecular weight excluding hydrogens is 498 g/mol. The molecule has 0 aliphatic carbocycles. The molecule has 2 heterocycles. The molecule has 0 saturated heterocycles. The van der Waals surface area contributed by atoms with Gasteiger partial charge in [-0.25, -0.2) is 0 Å². The monoisotopic (exact) mass is 525 g/mol. The van der Waals surface area contributed by atoms with Gasteiger partial charge in [0, 0.05) is 16.5 Å². The minimum absolute atomic E-state index is 0.0484. The third kappa shape index (κ3) is 5.01. The summed E-state index contributed by atoms with van der Waals surface area (Å²) in [5.41, 5.74) is 8.66. The molecule has 3 aromatic carbocycles. The minimum atomic E-state index is -1.09. The molecule has 10 heteroatoms. The number of Topliss-reactive ketones (excluding diaryl/α,β-unsaturated/α-hetero) is 1. The molecule has 0 spiro atoms. The fraction of sp³-hybridized carbons (Fsp3) is 0.207. The highest BCUT2D eigenvalue weighted by Crippen LogP contribution is 2.35. The van der Waals surface area contributed by atoms with Gasteiger partial charge in [0.1, 0.15) is 11.7 Å². The molecule has 10 nitrogen and oxygen atoms in total. The molecule has 0 radical (unpaired) electrons. The number of nitrogens with two attached hydrogens (primary N) is 1. The van der Waals surface area contributed by atoms with E-state index in [2.05, 4.69) is 10.5 Å². The van der Waals surface area contributed by atoms with Crippen molar-refractivity contribution in [1.82, 2.24) is 10.5 Å². The van der Waals surface area contributed by atoms with Crippen molar-refractivity contribution in [1.29, 1.82) is 0 Å². The Morgan fingerprint density at radius 2 is 1.64 bits per heavy atom. The van der Waals surface area contributed by atoms with Gasteiger partial charge in [-0.3, -0.25) is 19.2 Å². The molecule has 1 aliphatic heterocycles. The zero-order valence-corrected chi connectivity index (χ0v) is 21.5. The van der Waals surface area contributed by atoms with Crippen molar-refractivity contribution in [2.45, 2.75) is 32.5 Å². The summed E-state index contributed by atoms with van der Waals surface area (Å²) in [6.07, 6.45) is 0. The standard InChI is InChI=1S/C29H27N5O5/c1-17(30)27(36)31-23-16-33(28(37)20-13-11-19(12-14-20)18(2)35)24-8-4-5-9-25(24)34(29(23)38)15-22-21-7-3-6-10-26(21)39-32-22/h3-14,17,23H,15-16,30H2,1-2H3,(H,31,36). The van der Waals surface area contributed by atoms with Crippen LogP contribution in [0.25, 0.3) is 11.0 Å². The van der Waals surface area contributed by atoms with Gasteiger partial charge in [0.15, 0.2) is 11.4 Å². The van der Waals surface area contributed by atoms with Crippen molar-refractivity contribution in [2.75, 3.05) is 16.3 Å². The van der Waals surface area contributed by atoms with Gasteiger partial charge in [0.05, 0.1) is 30.5 Å². The fourth-order valence-electron chi connectivity index (χ4n) is 4.56. The summed E-state index contributed by atoms with van der Waals surface area (Å²) in [4.78, 5) is 55.1. The van der Waals surface area contributed by atoms with Gasteiger partial charge in [-0.05, 0) is 50.2 Å². The van der Waals surface area contributed by atoms with Crippen LogP contribution < -0.4 is 20.9 Å². The number of amides is 3. The van der Waals surface area contributed by atoms with Crippen LogP contribution in [0.4, 0.5) is 11.4 Å². The molecule has 2 atom stereocenters. The first-order valence-corrected chi connectivity index (χ1v) is 12.5. The number of anilines is 2. The SMILES string of the molecule is CC(=O)c1ccc(C(=O)N2CC(NC(=O)C(C)N)C(=O)N(Cc3noc4ccccc34)c3ccccc32)cc1. The Bertz CT molecular complexity index is 1580. The number of hydrogen-bond donors (Lipinski definition) is 2. The smallest absolute Gasteiger partial charge is 0.258 e. The lowest BCUT2D eigenvalue weighted by Crippen LogP contribution is -2.55. The molecule has 3 N–H and O–H groups in total. The van der Waals surface area contributed by atoms with Gasteiger partial charge in [-0.1, -0.05) is 41.6 Å². The molecule has 0 fully saturated rings. The van der Waals surface area contributed by atoms with Crippen molar-refractivity contribution < 1.29 is 23.7 Å². The highest BCUT2D eigenvalue weighted by molar-refractivity contribution is 6.13. The molecule has 3 amide bonds. The van der Waals surface area contributed by atoms with Crippen molar-refractivity contribution in [3.8, 4) is 0 Å². The number of ketones is 1. The fourth-order valence-corrected chi connectivity index (χ4v) is 4.56. The molecular formula is C29H27N5O5. The summed E-state index contributed by atoms with van der Waals surface area (Å²) in [6, 6.07) is 18.7. The summed E-state index contributed by atoms with van der Waals surface area (Å²) in [5.74, 6) is -1.45. The Labute approximate surface area is 224 Å². The molecule has 1 aromatic heterocycles. The summed E-state index contributed by atoms with van der Waals surface area (Å²) < 4.78 is 5.45. The van der Waals surface area contributed by atoms with E-state index in [0.717, 1.165) is 5.39 Å². The van der Waals surface area contributed by atoms with E-state index in [1.54, 1.807) is 54.6 Å². The maximum atomic E-state index is 14.0. The zero-order valence-electron chi connectivity index (χ0n) is 21.5. The average Bonchev–Trinajstić information content (AvgIpc) is 3.31. The van der Waals surface area contributed by atoms with Crippen molar-refractivity contribution in [3.05, 3.63) is 89.6 Å². The van der Waals surface area contributed by atoms with Crippen LogP contribution in [0.3, 0.4) is 0 Å². The topological polar surface area (TPSA) is 139 Å². The van der Waals surface area contributed by atoms with Crippen LogP contribution in [0.2, 0.25) is 0 Å². The minimum Gasteiger partial charge on any atom is -0.356 e. The van der Waals surface area contributed by atoms with E-state index in [0.29, 0.717) is 33.8 Å². The number of benzene rings is 3. The molecule has 1 aliphatic rings. The van der Waals surface area contributed by atoms with Crippen molar-refractivity contribution in [2.24, 2.45) is 5.73 Å². The summed E-state index contributed by atoms with van der Waals surface area (Å²) in [7, 11) is 0. The third-order valence-corrected chi connectivity index (χ3v) is 6.67. The number of para-hydroxylation sites is 3. The first-order valence-electron chi connectivity index (χ1n) is 12.5.